The second-order valence-electron chi connectivity index (χ2n) is 6.35. The van der Waals surface area contributed by atoms with Gasteiger partial charge < -0.3 is 19.9 Å². The number of pyridine rings is 1. The maximum Gasteiger partial charge on any atom is 0.409 e. The fourth-order valence-electron chi connectivity index (χ4n) is 2.82. The van der Waals surface area contributed by atoms with Gasteiger partial charge in [-0.2, -0.15) is 0 Å². The van der Waals surface area contributed by atoms with E-state index in [9.17, 15) is 14.4 Å². The summed E-state index contributed by atoms with van der Waals surface area (Å²) < 4.78 is 4.98. The van der Waals surface area contributed by atoms with Crippen molar-refractivity contribution >= 4 is 17.9 Å². The normalized spacial score (nSPS) is 14.0. The van der Waals surface area contributed by atoms with Gasteiger partial charge in [0.15, 0.2) is 0 Å². The van der Waals surface area contributed by atoms with Crippen molar-refractivity contribution < 1.29 is 19.1 Å². The monoisotopic (exact) mass is 376 g/mol. The number of amides is 3. The molecule has 2 rings (SSSR count). The average molecular weight is 376 g/mol. The predicted octanol–water partition coefficient (Wildman–Crippen LogP) is 1.92. The summed E-state index contributed by atoms with van der Waals surface area (Å²) in [5.41, 5.74) is 0.475. The van der Waals surface area contributed by atoms with Crippen molar-refractivity contribution in [3.05, 3.63) is 29.6 Å². The van der Waals surface area contributed by atoms with Crippen molar-refractivity contribution in [2.75, 3.05) is 39.3 Å². The molecule has 1 aliphatic rings. The molecule has 1 aromatic rings. The molecule has 27 heavy (non-hydrogen) atoms. The van der Waals surface area contributed by atoms with Crippen LogP contribution in [0.4, 0.5) is 4.79 Å². The Kier molecular flexibility index (Phi) is 8.03. The van der Waals surface area contributed by atoms with Crippen LogP contribution in [0.25, 0.3) is 0 Å². The molecule has 0 atom stereocenters. The van der Waals surface area contributed by atoms with E-state index >= 15 is 0 Å². The molecule has 148 valence electrons. The van der Waals surface area contributed by atoms with E-state index in [4.69, 9.17) is 4.74 Å². The van der Waals surface area contributed by atoms with Gasteiger partial charge in [-0.1, -0.05) is 25.8 Å². The van der Waals surface area contributed by atoms with Crippen LogP contribution in [0, 0.1) is 0 Å². The standard InChI is InChI=1S/C19H28N4O4/c1-3-5-6-10-20-17(24)15-8-7-9-16(21-15)18(25)22-11-13-23(14-12-22)19(26)27-4-2/h7-9H,3-6,10-14H2,1-2H3,(H,20,24). The second kappa shape index (κ2) is 10.5. The largest absolute Gasteiger partial charge is 0.450 e. The van der Waals surface area contributed by atoms with Gasteiger partial charge in [0.05, 0.1) is 6.61 Å². The minimum atomic E-state index is -0.357. The fourth-order valence-corrected chi connectivity index (χ4v) is 2.82. The molecule has 1 N–H and O–H groups in total. The van der Waals surface area contributed by atoms with Gasteiger partial charge in [-0.15, -0.1) is 0 Å². The van der Waals surface area contributed by atoms with Gasteiger partial charge in [0.25, 0.3) is 11.8 Å². The molecule has 1 fully saturated rings. The third-order valence-corrected chi connectivity index (χ3v) is 4.36. The highest BCUT2D eigenvalue weighted by Gasteiger charge is 2.26. The Morgan fingerprint density at radius 1 is 1.04 bits per heavy atom. The summed E-state index contributed by atoms with van der Waals surface area (Å²) in [4.78, 5) is 44.0. The molecule has 0 bridgehead atoms. The summed E-state index contributed by atoms with van der Waals surface area (Å²) in [6.07, 6.45) is 2.71. The molecule has 3 amide bonds. The van der Waals surface area contributed by atoms with Crippen molar-refractivity contribution in [3.8, 4) is 0 Å². The molecule has 0 spiro atoms. The number of rotatable bonds is 7. The molecule has 0 aliphatic carbocycles. The lowest BCUT2D eigenvalue weighted by Crippen LogP contribution is -2.50. The van der Waals surface area contributed by atoms with Gasteiger partial charge in [-0.25, -0.2) is 9.78 Å². The topological polar surface area (TPSA) is 91.8 Å². The van der Waals surface area contributed by atoms with Gasteiger partial charge >= 0.3 is 6.09 Å². The first-order valence-corrected chi connectivity index (χ1v) is 9.53. The molecule has 2 heterocycles. The Bertz CT molecular complexity index is 657. The van der Waals surface area contributed by atoms with E-state index in [0.717, 1.165) is 19.3 Å². The third-order valence-electron chi connectivity index (χ3n) is 4.36. The average Bonchev–Trinajstić information content (AvgIpc) is 2.71. The molecule has 1 saturated heterocycles. The minimum absolute atomic E-state index is 0.237. The number of carbonyl (C=O) groups excluding carboxylic acids is 3. The first-order valence-electron chi connectivity index (χ1n) is 9.53. The highest BCUT2D eigenvalue weighted by molar-refractivity contribution is 5.96. The first-order chi connectivity index (χ1) is 13.1. The summed E-state index contributed by atoms with van der Waals surface area (Å²) in [6.45, 7) is 6.45. The van der Waals surface area contributed by atoms with Crippen LogP contribution < -0.4 is 5.32 Å². The lowest BCUT2D eigenvalue weighted by Gasteiger charge is -2.33. The molecule has 8 nitrogen and oxygen atoms in total. The number of unbranched alkanes of at least 4 members (excludes halogenated alkanes) is 2. The lowest BCUT2D eigenvalue weighted by molar-refractivity contribution is 0.0565. The summed E-state index contributed by atoms with van der Waals surface area (Å²) in [5, 5.41) is 2.83. The van der Waals surface area contributed by atoms with Crippen LogP contribution in [0.1, 0.15) is 54.1 Å². The molecule has 8 heteroatoms. The van der Waals surface area contributed by atoms with Crippen LogP contribution in [-0.2, 0) is 4.74 Å². The van der Waals surface area contributed by atoms with Gasteiger partial charge in [-0.3, -0.25) is 9.59 Å². The molecule has 0 radical (unpaired) electrons. The van der Waals surface area contributed by atoms with Crippen molar-refractivity contribution in [2.45, 2.75) is 33.1 Å². The van der Waals surface area contributed by atoms with Crippen molar-refractivity contribution in [1.82, 2.24) is 20.1 Å². The molecule has 1 aliphatic heterocycles. The number of aromatic nitrogens is 1. The molecule has 0 saturated carbocycles. The van der Waals surface area contributed by atoms with E-state index in [-0.39, 0.29) is 29.3 Å². The van der Waals surface area contributed by atoms with E-state index in [1.807, 2.05) is 0 Å². The number of piperazine rings is 1. The van der Waals surface area contributed by atoms with Crippen LogP contribution in [0.5, 0.6) is 0 Å². The van der Waals surface area contributed by atoms with Crippen molar-refractivity contribution in [3.63, 3.8) is 0 Å². The first kappa shape index (κ1) is 20.7. The molecule has 1 aromatic heterocycles. The Hall–Kier alpha value is -2.64. The van der Waals surface area contributed by atoms with Crippen LogP contribution in [0.3, 0.4) is 0 Å². The maximum atomic E-state index is 12.7. The van der Waals surface area contributed by atoms with E-state index in [1.54, 1.807) is 34.9 Å². The smallest absolute Gasteiger partial charge is 0.409 e. The summed E-state index contributed by atoms with van der Waals surface area (Å²) in [5.74, 6) is -0.507. The number of hydrogen-bond donors (Lipinski definition) is 1. The highest BCUT2D eigenvalue weighted by atomic mass is 16.6. The van der Waals surface area contributed by atoms with Crippen LogP contribution in [0.15, 0.2) is 18.2 Å². The van der Waals surface area contributed by atoms with Crippen molar-refractivity contribution in [1.29, 1.82) is 0 Å². The number of hydrogen-bond acceptors (Lipinski definition) is 5. The van der Waals surface area contributed by atoms with Gasteiger partial charge in [0.2, 0.25) is 0 Å². The fraction of sp³-hybridized carbons (Fsp3) is 0.579. The molecular weight excluding hydrogens is 348 g/mol. The maximum absolute atomic E-state index is 12.7. The Labute approximate surface area is 159 Å². The Morgan fingerprint density at radius 2 is 1.70 bits per heavy atom. The zero-order chi connectivity index (χ0) is 19.6. The van der Waals surface area contributed by atoms with Gasteiger partial charge in [-0.05, 0) is 25.5 Å². The molecule has 0 unspecified atom stereocenters. The second-order valence-corrected chi connectivity index (χ2v) is 6.35. The van der Waals surface area contributed by atoms with Gasteiger partial charge in [0, 0.05) is 32.7 Å². The number of nitrogens with zero attached hydrogens (tertiary/aromatic N) is 3. The van der Waals surface area contributed by atoms with E-state index < -0.39 is 0 Å². The quantitative estimate of drug-likeness (QED) is 0.734. The van der Waals surface area contributed by atoms with Crippen LogP contribution in [0.2, 0.25) is 0 Å². The zero-order valence-electron chi connectivity index (χ0n) is 16.1. The predicted molar refractivity (Wildman–Crippen MR) is 101 cm³/mol. The molecule has 0 aromatic carbocycles. The van der Waals surface area contributed by atoms with Crippen molar-refractivity contribution in [2.24, 2.45) is 0 Å². The number of ether oxygens (including phenoxy) is 1. The van der Waals surface area contributed by atoms with E-state index in [0.29, 0.717) is 39.3 Å². The van der Waals surface area contributed by atoms with Crippen LogP contribution in [-0.4, -0.2) is 72.0 Å². The summed E-state index contributed by atoms with van der Waals surface area (Å²) in [7, 11) is 0. The summed E-state index contributed by atoms with van der Waals surface area (Å²) >= 11 is 0. The van der Waals surface area contributed by atoms with E-state index in [2.05, 4.69) is 17.2 Å². The third kappa shape index (κ3) is 5.94. The zero-order valence-corrected chi connectivity index (χ0v) is 16.1. The van der Waals surface area contributed by atoms with Gasteiger partial charge in [0.1, 0.15) is 11.4 Å². The number of carbonyl (C=O) groups is 3. The molecular formula is C19H28N4O4. The summed E-state index contributed by atoms with van der Waals surface area (Å²) in [6, 6.07) is 4.87. The lowest BCUT2D eigenvalue weighted by atomic mass is 10.2. The van der Waals surface area contributed by atoms with Crippen LogP contribution >= 0.6 is 0 Å². The van der Waals surface area contributed by atoms with E-state index in [1.165, 1.54) is 0 Å². The SMILES string of the molecule is CCCCCNC(=O)c1cccc(C(=O)N2CCN(C(=O)OCC)CC2)n1. The Morgan fingerprint density at radius 3 is 2.37 bits per heavy atom. The Balaban J connectivity index is 1.91. The minimum Gasteiger partial charge on any atom is -0.450 e. The highest BCUT2D eigenvalue weighted by Crippen LogP contribution is 2.09. The number of nitrogens with one attached hydrogen (secondary N) is 1.